The predicted molar refractivity (Wildman–Crippen MR) is 106 cm³/mol. The minimum absolute atomic E-state index is 0.0724. The van der Waals surface area contributed by atoms with Gasteiger partial charge in [-0.1, -0.05) is 25.0 Å². The number of carbonyl (C=O) groups excluding carboxylic acids is 1. The summed E-state index contributed by atoms with van der Waals surface area (Å²) in [6.45, 7) is 0.789. The van der Waals surface area contributed by atoms with Crippen LogP contribution in [0.25, 0.3) is 0 Å². The number of likely N-dealkylation sites (tertiary alicyclic amines) is 1. The van der Waals surface area contributed by atoms with Crippen LogP contribution in [0, 0.1) is 0 Å². The van der Waals surface area contributed by atoms with E-state index in [1.807, 2.05) is 29.2 Å². The Kier molecular flexibility index (Phi) is 5.28. The van der Waals surface area contributed by atoms with Crippen molar-refractivity contribution in [1.29, 1.82) is 0 Å². The maximum atomic E-state index is 13.2. The van der Waals surface area contributed by atoms with Crippen LogP contribution in [0.2, 0.25) is 0 Å². The van der Waals surface area contributed by atoms with Gasteiger partial charge in [-0.05, 0) is 55.5 Å². The molecule has 1 aliphatic carbocycles. The lowest BCUT2D eigenvalue weighted by atomic mass is 10.00. The number of hydrogen-bond acceptors (Lipinski definition) is 4. The third-order valence-corrected chi connectivity index (χ3v) is 5.45. The van der Waals surface area contributed by atoms with Gasteiger partial charge >= 0.3 is 0 Å². The van der Waals surface area contributed by atoms with Crippen LogP contribution in [0.1, 0.15) is 60.5 Å². The van der Waals surface area contributed by atoms with Gasteiger partial charge in [0.15, 0.2) is 0 Å². The lowest BCUT2D eigenvalue weighted by Crippen LogP contribution is -2.34. The zero-order valence-corrected chi connectivity index (χ0v) is 15.9. The topological polar surface area (TPSA) is 54.5 Å². The summed E-state index contributed by atoms with van der Waals surface area (Å²) in [5.74, 6) is 1.77. The van der Waals surface area contributed by atoms with Gasteiger partial charge in [0.05, 0.1) is 18.7 Å². The summed E-state index contributed by atoms with van der Waals surface area (Å²) in [6, 6.07) is 12.6. The first-order valence-electron chi connectivity index (χ1n) is 9.92. The highest BCUT2D eigenvalue weighted by Crippen LogP contribution is 2.32. The number of nitrogens with zero attached hydrogens (tertiary/aromatic N) is 2. The van der Waals surface area contributed by atoms with E-state index in [9.17, 15) is 4.79 Å². The number of aromatic nitrogens is 1. The number of benzene rings is 1. The van der Waals surface area contributed by atoms with E-state index >= 15 is 0 Å². The molecule has 0 radical (unpaired) electrons. The first-order valence-corrected chi connectivity index (χ1v) is 9.92. The molecule has 1 atom stereocenters. The Morgan fingerprint density at radius 3 is 2.56 bits per heavy atom. The van der Waals surface area contributed by atoms with E-state index in [1.165, 1.54) is 24.8 Å². The maximum Gasteiger partial charge on any atom is 0.255 e. The number of carbonyl (C=O) groups is 1. The number of amides is 1. The average Bonchev–Trinajstić information content (AvgIpc) is 3.55. The van der Waals surface area contributed by atoms with Crippen molar-refractivity contribution in [2.24, 2.45) is 0 Å². The highest BCUT2D eigenvalue weighted by atomic mass is 16.5. The molecule has 0 spiro atoms. The van der Waals surface area contributed by atoms with E-state index < -0.39 is 0 Å². The molecule has 2 aliphatic rings. The van der Waals surface area contributed by atoms with Crippen LogP contribution in [-0.4, -0.2) is 35.5 Å². The van der Waals surface area contributed by atoms with E-state index in [-0.39, 0.29) is 11.9 Å². The smallest absolute Gasteiger partial charge is 0.255 e. The van der Waals surface area contributed by atoms with Crippen LogP contribution in [0.15, 0.2) is 42.6 Å². The molecule has 1 N–H and O–H groups in total. The normalized spacial score (nSPS) is 20.0. The molecular weight excluding hydrogens is 338 g/mol. The molecular formula is C22H27N3O2. The molecule has 5 nitrogen and oxygen atoms in total. The molecule has 5 heteroatoms. The van der Waals surface area contributed by atoms with Gasteiger partial charge in [0.1, 0.15) is 11.6 Å². The molecule has 2 fully saturated rings. The highest BCUT2D eigenvalue weighted by molar-refractivity contribution is 5.94. The molecule has 0 bridgehead atoms. The molecule has 1 aliphatic heterocycles. The number of pyridine rings is 1. The van der Waals surface area contributed by atoms with Crippen molar-refractivity contribution in [2.45, 2.75) is 50.6 Å². The largest absolute Gasteiger partial charge is 0.497 e. The van der Waals surface area contributed by atoms with Gasteiger partial charge in [0.25, 0.3) is 5.91 Å². The van der Waals surface area contributed by atoms with Crippen LogP contribution >= 0.6 is 0 Å². The maximum absolute atomic E-state index is 13.2. The van der Waals surface area contributed by atoms with Crippen LogP contribution in [0.5, 0.6) is 5.75 Å². The molecule has 27 heavy (non-hydrogen) atoms. The number of nitrogens with one attached hydrogen (secondary N) is 1. The van der Waals surface area contributed by atoms with Gasteiger partial charge in [-0.25, -0.2) is 4.98 Å². The third-order valence-electron chi connectivity index (χ3n) is 5.45. The minimum atomic E-state index is 0.0724. The summed E-state index contributed by atoms with van der Waals surface area (Å²) in [6.07, 6.45) is 8.48. The number of rotatable bonds is 5. The third kappa shape index (κ3) is 4.24. The second-order valence-corrected chi connectivity index (χ2v) is 7.49. The Morgan fingerprint density at radius 1 is 1.07 bits per heavy atom. The first kappa shape index (κ1) is 17.8. The monoisotopic (exact) mass is 365 g/mol. The molecule has 1 aromatic heterocycles. The summed E-state index contributed by atoms with van der Waals surface area (Å²) >= 11 is 0. The van der Waals surface area contributed by atoms with Crippen molar-refractivity contribution in [1.82, 2.24) is 9.88 Å². The molecule has 1 amide bonds. The van der Waals surface area contributed by atoms with Crippen molar-refractivity contribution in [3.05, 3.63) is 53.7 Å². The highest BCUT2D eigenvalue weighted by Gasteiger charge is 2.28. The van der Waals surface area contributed by atoms with Gasteiger partial charge < -0.3 is 15.0 Å². The summed E-state index contributed by atoms with van der Waals surface area (Å²) in [7, 11) is 1.67. The van der Waals surface area contributed by atoms with Crippen LogP contribution in [0.4, 0.5) is 5.82 Å². The fourth-order valence-electron chi connectivity index (χ4n) is 3.73. The van der Waals surface area contributed by atoms with Crippen molar-refractivity contribution in [3.63, 3.8) is 0 Å². The molecule has 2 heterocycles. The zero-order chi connectivity index (χ0) is 18.6. The first-order chi connectivity index (χ1) is 13.2. The van der Waals surface area contributed by atoms with Crippen LogP contribution < -0.4 is 10.1 Å². The molecule has 142 valence electrons. The Labute approximate surface area is 160 Å². The van der Waals surface area contributed by atoms with Gasteiger partial charge in [0, 0.05) is 18.8 Å². The fraction of sp³-hybridized carbons (Fsp3) is 0.455. The number of hydrogen-bond donors (Lipinski definition) is 1. The SMILES string of the molecule is COc1ccc([C@H]2CCCCCN2C(=O)c2ccc(NC3CC3)nc2)cc1. The average molecular weight is 365 g/mol. The Balaban J connectivity index is 1.54. The predicted octanol–water partition coefficient (Wildman–Crippen LogP) is 4.42. The molecule has 2 aromatic rings. The van der Waals surface area contributed by atoms with E-state index in [0.717, 1.165) is 37.4 Å². The second-order valence-electron chi connectivity index (χ2n) is 7.49. The van der Waals surface area contributed by atoms with Crippen molar-refractivity contribution < 1.29 is 9.53 Å². The number of ether oxygens (including phenoxy) is 1. The molecule has 4 rings (SSSR count). The van der Waals surface area contributed by atoms with E-state index in [2.05, 4.69) is 22.4 Å². The number of methoxy groups -OCH3 is 1. The Hall–Kier alpha value is -2.56. The van der Waals surface area contributed by atoms with Crippen LogP contribution in [0.3, 0.4) is 0 Å². The van der Waals surface area contributed by atoms with E-state index in [0.29, 0.717) is 11.6 Å². The Morgan fingerprint density at radius 2 is 1.89 bits per heavy atom. The minimum Gasteiger partial charge on any atom is -0.497 e. The molecule has 0 unspecified atom stereocenters. The van der Waals surface area contributed by atoms with E-state index in [1.54, 1.807) is 13.3 Å². The second kappa shape index (κ2) is 7.99. The summed E-state index contributed by atoms with van der Waals surface area (Å²) in [5.41, 5.74) is 1.84. The van der Waals surface area contributed by atoms with Crippen molar-refractivity contribution in [3.8, 4) is 5.75 Å². The molecule has 1 aromatic carbocycles. The van der Waals surface area contributed by atoms with E-state index in [4.69, 9.17) is 4.74 Å². The molecule has 1 saturated carbocycles. The lowest BCUT2D eigenvalue weighted by Gasteiger charge is -2.30. The van der Waals surface area contributed by atoms with Gasteiger partial charge in [0.2, 0.25) is 0 Å². The summed E-state index contributed by atoms with van der Waals surface area (Å²) < 4.78 is 5.27. The van der Waals surface area contributed by atoms with Gasteiger partial charge in [-0.2, -0.15) is 0 Å². The van der Waals surface area contributed by atoms with Gasteiger partial charge in [-0.3, -0.25) is 4.79 Å². The van der Waals surface area contributed by atoms with Gasteiger partial charge in [-0.15, -0.1) is 0 Å². The summed E-state index contributed by atoms with van der Waals surface area (Å²) in [5, 5.41) is 3.37. The standard InChI is InChI=1S/C22H27N3O2/c1-27-19-11-6-16(7-12-19)20-5-3-2-4-14-25(20)22(26)17-8-13-21(23-15-17)24-18-9-10-18/h6-8,11-13,15,18,20H,2-5,9-10,14H2,1H3,(H,23,24)/t20-/m1/s1. The lowest BCUT2D eigenvalue weighted by molar-refractivity contribution is 0.0680. The summed E-state index contributed by atoms with van der Waals surface area (Å²) in [4.78, 5) is 19.7. The number of anilines is 1. The Bertz CT molecular complexity index is 769. The zero-order valence-electron chi connectivity index (χ0n) is 15.9. The van der Waals surface area contributed by atoms with Crippen LogP contribution in [-0.2, 0) is 0 Å². The molecule has 1 saturated heterocycles. The quantitative estimate of drug-likeness (QED) is 0.852. The van der Waals surface area contributed by atoms with Crippen molar-refractivity contribution >= 4 is 11.7 Å². The fourth-order valence-corrected chi connectivity index (χ4v) is 3.73. The van der Waals surface area contributed by atoms with Crippen molar-refractivity contribution in [2.75, 3.05) is 19.0 Å².